The first-order valence-electron chi connectivity index (χ1n) is 10.5. The number of nitrogens with zero attached hydrogens (tertiary/aromatic N) is 5. The quantitative estimate of drug-likeness (QED) is 0.371. The highest BCUT2D eigenvalue weighted by atomic mass is 19.4. The van der Waals surface area contributed by atoms with Crippen molar-refractivity contribution < 1.29 is 17.7 Å². The van der Waals surface area contributed by atoms with E-state index in [0.29, 0.717) is 11.2 Å². The van der Waals surface area contributed by atoms with E-state index in [1.807, 2.05) is 24.3 Å². The minimum Gasteiger partial charge on any atom is -0.337 e. The molecule has 172 valence electrons. The maximum Gasteiger partial charge on any atom is 0.416 e. The van der Waals surface area contributed by atoms with Gasteiger partial charge < -0.3 is 9.09 Å². The molecule has 0 aliphatic carbocycles. The molecule has 2 aromatic carbocycles. The summed E-state index contributed by atoms with van der Waals surface area (Å²) in [6.45, 7) is 2.04. The second kappa shape index (κ2) is 8.29. The fourth-order valence-corrected chi connectivity index (χ4v) is 3.62. The van der Waals surface area contributed by atoms with Crippen LogP contribution in [-0.2, 0) is 19.1 Å². The van der Waals surface area contributed by atoms with Gasteiger partial charge in [-0.3, -0.25) is 4.79 Å². The average molecular weight is 465 g/mol. The summed E-state index contributed by atoms with van der Waals surface area (Å²) in [7, 11) is 0. The van der Waals surface area contributed by atoms with Gasteiger partial charge in [0.2, 0.25) is 11.7 Å². The zero-order valence-corrected chi connectivity index (χ0v) is 18.0. The Bertz CT molecular complexity index is 1530. The molecule has 0 atom stereocenters. The number of fused-ring (bicyclic) bond motifs is 1. The predicted molar refractivity (Wildman–Crippen MR) is 118 cm³/mol. The molecule has 3 aromatic heterocycles. The Hall–Kier alpha value is -4.21. The summed E-state index contributed by atoms with van der Waals surface area (Å²) in [5, 5.41) is 8.25. The van der Waals surface area contributed by atoms with Crippen molar-refractivity contribution in [1.29, 1.82) is 0 Å². The molecule has 0 amide bonds. The monoisotopic (exact) mass is 465 g/mol. The van der Waals surface area contributed by atoms with Gasteiger partial charge in [0.05, 0.1) is 11.3 Å². The fourth-order valence-electron chi connectivity index (χ4n) is 3.62. The van der Waals surface area contributed by atoms with Crippen molar-refractivity contribution in [2.75, 3.05) is 0 Å². The molecule has 34 heavy (non-hydrogen) atoms. The second-order valence-corrected chi connectivity index (χ2v) is 7.73. The Morgan fingerprint density at radius 3 is 2.53 bits per heavy atom. The van der Waals surface area contributed by atoms with Gasteiger partial charge in [0.25, 0.3) is 5.56 Å². The Labute approximate surface area is 191 Å². The van der Waals surface area contributed by atoms with Crippen molar-refractivity contribution in [3.63, 3.8) is 0 Å². The third kappa shape index (κ3) is 4.09. The van der Waals surface area contributed by atoms with Crippen LogP contribution >= 0.6 is 0 Å². The van der Waals surface area contributed by atoms with Gasteiger partial charge in [-0.2, -0.15) is 23.3 Å². The van der Waals surface area contributed by atoms with Crippen molar-refractivity contribution in [2.24, 2.45) is 0 Å². The summed E-state index contributed by atoms with van der Waals surface area (Å²) < 4.78 is 47.0. The Morgan fingerprint density at radius 2 is 1.79 bits per heavy atom. The smallest absolute Gasteiger partial charge is 0.337 e. The van der Waals surface area contributed by atoms with E-state index >= 15 is 0 Å². The van der Waals surface area contributed by atoms with Gasteiger partial charge in [0.15, 0.2) is 0 Å². The first-order valence-corrected chi connectivity index (χ1v) is 10.5. The molecular weight excluding hydrogens is 447 g/mol. The lowest BCUT2D eigenvalue weighted by Crippen LogP contribution is -2.21. The van der Waals surface area contributed by atoms with Crippen LogP contribution in [0.1, 0.15) is 23.9 Å². The lowest BCUT2D eigenvalue weighted by molar-refractivity contribution is -0.137. The molecule has 0 spiro atoms. The molecule has 0 bridgehead atoms. The van der Waals surface area contributed by atoms with Crippen molar-refractivity contribution in [3.8, 4) is 22.6 Å². The summed E-state index contributed by atoms with van der Waals surface area (Å²) in [6.07, 6.45) is -0.361. The molecule has 5 aromatic rings. The molecular formula is C24H18F3N5O2. The van der Waals surface area contributed by atoms with Gasteiger partial charge in [-0.25, -0.2) is 4.52 Å². The number of rotatable bonds is 5. The van der Waals surface area contributed by atoms with Crippen LogP contribution in [0.25, 0.3) is 28.2 Å². The number of alkyl halides is 3. The largest absolute Gasteiger partial charge is 0.416 e. The van der Waals surface area contributed by atoms with Crippen LogP contribution in [0.15, 0.2) is 76.3 Å². The Balaban J connectivity index is 1.42. The maximum absolute atomic E-state index is 13.0. The zero-order valence-electron chi connectivity index (χ0n) is 18.0. The molecule has 0 aliphatic rings. The Morgan fingerprint density at radius 1 is 1.00 bits per heavy atom. The van der Waals surface area contributed by atoms with Crippen LogP contribution in [0.2, 0.25) is 0 Å². The normalized spacial score (nSPS) is 11.9. The van der Waals surface area contributed by atoms with Crippen LogP contribution in [0.3, 0.4) is 0 Å². The number of aryl methyl sites for hydroxylation is 1. The van der Waals surface area contributed by atoms with Crippen LogP contribution in [-0.4, -0.2) is 24.3 Å². The van der Waals surface area contributed by atoms with E-state index in [1.54, 1.807) is 18.5 Å². The number of benzene rings is 2. The van der Waals surface area contributed by atoms with E-state index in [1.165, 1.54) is 26.8 Å². The summed E-state index contributed by atoms with van der Waals surface area (Å²) in [5.74, 6) is 0.103. The molecule has 0 fully saturated rings. The molecule has 10 heteroatoms. The zero-order chi connectivity index (χ0) is 23.9. The molecule has 0 aliphatic heterocycles. The van der Waals surface area contributed by atoms with Crippen LogP contribution in [0, 0.1) is 0 Å². The van der Waals surface area contributed by atoms with Crippen molar-refractivity contribution in [2.45, 2.75) is 26.1 Å². The van der Waals surface area contributed by atoms with Gasteiger partial charge in [-0.15, -0.1) is 0 Å². The first-order chi connectivity index (χ1) is 16.3. The van der Waals surface area contributed by atoms with Crippen molar-refractivity contribution in [1.82, 2.24) is 24.3 Å². The molecule has 0 N–H and O–H groups in total. The molecule has 7 nitrogen and oxygen atoms in total. The molecule has 0 radical (unpaired) electrons. The Kier molecular flexibility index (Phi) is 5.27. The predicted octanol–water partition coefficient (Wildman–Crippen LogP) is 4.84. The van der Waals surface area contributed by atoms with Gasteiger partial charge in [0, 0.05) is 23.5 Å². The fraction of sp³-hybridized carbons (Fsp3) is 0.167. The van der Waals surface area contributed by atoms with Crippen molar-refractivity contribution >= 4 is 5.52 Å². The van der Waals surface area contributed by atoms with E-state index in [2.05, 4.69) is 22.2 Å². The highest BCUT2D eigenvalue weighted by molar-refractivity contribution is 5.65. The van der Waals surface area contributed by atoms with Crippen LogP contribution in [0.4, 0.5) is 13.2 Å². The third-order valence-corrected chi connectivity index (χ3v) is 5.48. The second-order valence-electron chi connectivity index (χ2n) is 7.73. The van der Waals surface area contributed by atoms with E-state index in [-0.39, 0.29) is 29.4 Å². The summed E-state index contributed by atoms with van der Waals surface area (Å²) >= 11 is 0. The van der Waals surface area contributed by atoms with Crippen LogP contribution in [0.5, 0.6) is 0 Å². The molecule has 0 saturated heterocycles. The standard InChI is InChI=1S/C24H18F3N5O2/c1-2-15-6-8-16(9-7-15)19-13-20-23(33)31(10-11-32(20)29-19)14-21-28-22(30-34-21)17-4-3-5-18(12-17)24(25,26)27/h3-13H,2,14H2,1H3. The van der Waals surface area contributed by atoms with Gasteiger partial charge in [0.1, 0.15) is 12.1 Å². The molecule has 3 heterocycles. The topological polar surface area (TPSA) is 78.2 Å². The number of hydrogen-bond acceptors (Lipinski definition) is 5. The lowest BCUT2D eigenvalue weighted by atomic mass is 10.1. The summed E-state index contributed by atoms with van der Waals surface area (Å²) in [5.41, 5.74) is 2.19. The first kappa shape index (κ1) is 21.6. The SMILES string of the molecule is CCc1ccc(-c2cc3c(=O)n(Cc4nc(-c5cccc(C(F)(F)F)c5)no4)ccn3n2)cc1. The van der Waals surface area contributed by atoms with Gasteiger partial charge in [-0.1, -0.05) is 48.5 Å². The van der Waals surface area contributed by atoms with Crippen LogP contribution < -0.4 is 5.56 Å². The average Bonchev–Trinajstić information content (AvgIpc) is 3.48. The lowest BCUT2D eigenvalue weighted by Gasteiger charge is -2.06. The highest BCUT2D eigenvalue weighted by Crippen LogP contribution is 2.31. The van der Waals surface area contributed by atoms with Gasteiger partial charge in [-0.05, 0) is 30.2 Å². The minimum absolute atomic E-state index is 0.0115. The molecule has 5 rings (SSSR count). The third-order valence-electron chi connectivity index (χ3n) is 5.48. The number of hydrogen-bond donors (Lipinski definition) is 0. The van der Waals surface area contributed by atoms with Gasteiger partial charge >= 0.3 is 6.18 Å². The van der Waals surface area contributed by atoms with E-state index in [9.17, 15) is 18.0 Å². The number of aromatic nitrogens is 5. The number of halogens is 3. The molecule has 0 saturated carbocycles. The van der Waals surface area contributed by atoms with Crippen molar-refractivity contribution in [3.05, 3.63) is 94.4 Å². The van der Waals surface area contributed by atoms with E-state index in [0.717, 1.165) is 24.1 Å². The molecule has 0 unspecified atom stereocenters. The minimum atomic E-state index is -4.48. The van der Waals surface area contributed by atoms with E-state index in [4.69, 9.17) is 4.52 Å². The highest BCUT2D eigenvalue weighted by Gasteiger charge is 2.30. The summed E-state index contributed by atoms with van der Waals surface area (Å²) in [6, 6.07) is 14.3. The van der Waals surface area contributed by atoms with E-state index < -0.39 is 11.7 Å². The maximum atomic E-state index is 13.0. The summed E-state index contributed by atoms with van der Waals surface area (Å²) in [4.78, 5) is 17.2.